The van der Waals surface area contributed by atoms with Gasteiger partial charge in [0.1, 0.15) is 0 Å². The van der Waals surface area contributed by atoms with Crippen LogP contribution in [0.25, 0.3) is 22.5 Å². The van der Waals surface area contributed by atoms with Crippen molar-refractivity contribution in [3.05, 3.63) is 75.7 Å². The normalized spacial score (nSPS) is 16.9. The van der Waals surface area contributed by atoms with Gasteiger partial charge in [-0.25, -0.2) is 4.68 Å². The molecule has 1 aliphatic rings. The van der Waals surface area contributed by atoms with Gasteiger partial charge in [-0.05, 0) is 54.5 Å². The summed E-state index contributed by atoms with van der Waals surface area (Å²) in [5, 5.41) is 24.0. The molecular weight excluding hydrogens is 462 g/mol. The lowest BCUT2D eigenvalue weighted by molar-refractivity contribution is 0.229. The molecule has 0 bridgehead atoms. The van der Waals surface area contributed by atoms with Crippen LogP contribution in [0.15, 0.2) is 53.3 Å². The lowest BCUT2D eigenvalue weighted by Gasteiger charge is -2.32. The largest absolute Gasteiger partial charge is 0.282 e. The third-order valence-electron chi connectivity index (χ3n) is 7.51. The molecule has 37 heavy (non-hydrogen) atoms. The maximum atomic E-state index is 13.7. The van der Waals surface area contributed by atoms with Crippen molar-refractivity contribution >= 4 is 0 Å². The van der Waals surface area contributed by atoms with Gasteiger partial charge in [-0.15, -0.1) is 10.2 Å². The first-order valence-electron chi connectivity index (χ1n) is 13.3. The van der Waals surface area contributed by atoms with Crippen LogP contribution in [0.4, 0.5) is 0 Å². The maximum absolute atomic E-state index is 13.7. The number of hydrogen-bond donors (Lipinski definition) is 1. The minimum absolute atomic E-state index is 0.0725. The molecule has 2 aromatic carbocycles. The fourth-order valence-corrected chi connectivity index (χ4v) is 5.61. The number of tetrazole rings is 1. The Labute approximate surface area is 216 Å². The highest BCUT2D eigenvalue weighted by Crippen LogP contribution is 2.33. The van der Waals surface area contributed by atoms with Crippen molar-refractivity contribution in [2.45, 2.75) is 77.3 Å². The van der Waals surface area contributed by atoms with Crippen molar-refractivity contribution in [3.8, 4) is 28.6 Å². The number of unbranched alkanes of at least 4 members (excludes halogenated alkanes) is 2. The lowest BCUT2D eigenvalue weighted by Crippen LogP contribution is -2.34. The zero-order chi connectivity index (χ0) is 25.8. The molecule has 0 saturated carbocycles. The number of aromatic nitrogens is 6. The lowest BCUT2D eigenvalue weighted by atomic mass is 9.96. The number of nitrogens with zero attached hydrogens (tertiary/aromatic N) is 6. The van der Waals surface area contributed by atoms with E-state index in [1.165, 1.54) is 0 Å². The molecule has 0 saturated heterocycles. The predicted octanol–water partition coefficient (Wildman–Crippen LogP) is 5.63. The SMILES string of the molecule is CCCCCc1c(Cc2ccc(-c3ccccc3-c3nn[nH]n3)cc2)c(=O)n2n1C(CC#N)CCC2C. The summed E-state index contributed by atoms with van der Waals surface area (Å²) in [4.78, 5) is 13.7. The summed E-state index contributed by atoms with van der Waals surface area (Å²) in [6.45, 7) is 4.32. The molecule has 0 aliphatic carbocycles. The number of fused-ring (bicyclic) bond motifs is 1. The van der Waals surface area contributed by atoms with E-state index in [2.05, 4.69) is 75.6 Å². The van der Waals surface area contributed by atoms with Gasteiger partial charge in [-0.1, -0.05) is 68.3 Å². The number of aromatic amines is 1. The van der Waals surface area contributed by atoms with Gasteiger partial charge in [0.15, 0.2) is 0 Å². The number of rotatable bonds is 9. The fourth-order valence-electron chi connectivity index (χ4n) is 5.61. The summed E-state index contributed by atoms with van der Waals surface area (Å²) in [7, 11) is 0. The van der Waals surface area contributed by atoms with Crippen LogP contribution < -0.4 is 5.56 Å². The Morgan fingerprint density at radius 2 is 1.84 bits per heavy atom. The van der Waals surface area contributed by atoms with Gasteiger partial charge in [0.05, 0.1) is 24.6 Å². The Hall–Kier alpha value is -3.99. The van der Waals surface area contributed by atoms with Crippen molar-refractivity contribution in [3.63, 3.8) is 0 Å². The molecule has 8 nitrogen and oxygen atoms in total. The van der Waals surface area contributed by atoms with Crippen molar-refractivity contribution in [2.75, 3.05) is 0 Å². The van der Waals surface area contributed by atoms with Crippen LogP contribution in [-0.4, -0.2) is 30.0 Å². The van der Waals surface area contributed by atoms with Crippen LogP contribution in [0.3, 0.4) is 0 Å². The molecule has 190 valence electrons. The minimum atomic E-state index is 0.0725. The fraction of sp³-hybridized carbons (Fsp3) is 0.414. The topological polar surface area (TPSA) is 105 Å². The van der Waals surface area contributed by atoms with Gasteiger partial charge < -0.3 is 0 Å². The van der Waals surface area contributed by atoms with E-state index in [0.717, 1.165) is 72.0 Å². The Morgan fingerprint density at radius 1 is 1.05 bits per heavy atom. The zero-order valence-corrected chi connectivity index (χ0v) is 21.5. The number of hydrogen-bond acceptors (Lipinski definition) is 5. The Balaban J connectivity index is 1.50. The smallest absolute Gasteiger partial charge is 0.270 e. The average molecular weight is 496 g/mol. The van der Waals surface area contributed by atoms with Gasteiger partial charge in [-0.3, -0.25) is 9.48 Å². The molecule has 0 radical (unpaired) electrons. The molecule has 0 spiro atoms. The third kappa shape index (κ3) is 4.86. The van der Waals surface area contributed by atoms with Crippen molar-refractivity contribution < 1.29 is 0 Å². The number of nitrogens with one attached hydrogen (secondary N) is 1. The highest BCUT2D eigenvalue weighted by atomic mass is 16.1. The molecule has 2 aromatic heterocycles. The quantitative estimate of drug-likeness (QED) is 0.303. The Morgan fingerprint density at radius 3 is 2.54 bits per heavy atom. The van der Waals surface area contributed by atoms with E-state index in [0.29, 0.717) is 18.7 Å². The third-order valence-corrected chi connectivity index (χ3v) is 7.51. The summed E-state index contributed by atoms with van der Waals surface area (Å²) >= 11 is 0. The van der Waals surface area contributed by atoms with Crippen molar-refractivity contribution in [1.82, 2.24) is 30.0 Å². The average Bonchev–Trinajstić information content (AvgIpc) is 3.55. The second kappa shape index (κ2) is 11.0. The highest BCUT2D eigenvalue weighted by molar-refractivity contribution is 5.80. The minimum Gasteiger partial charge on any atom is -0.282 e. The van der Waals surface area contributed by atoms with Gasteiger partial charge in [-0.2, -0.15) is 10.5 Å². The zero-order valence-electron chi connectivity index (χ0n) is 21.5. The van der Waals surface area contributed by atoms with E-state index in [1.807, 2.05) is 22.9 Å². The molecule has 3 heterocycles. The molecule has 2 atom stereocenters. The van der Waals surface area contributed by atoms with Gasteiger partial charge in [0.25, 0.3) is 5.56 Å². The van der Waals surface area contributed by atoms with E-state index in [4.69, 9.17) is 0 Å². The number of benzene rings is 2. The van der Waals surface area contributed by atoms with Gasteiger partial charge in [0.2, 0.25) is 5.82 Å². The van der Waals surface area contributed by atoms with Crippen molar-refractivity contribution in [1.29, 1.82) is 5.26 Å². The molecule has 1 aliphatic heterocycles. The molecule has 4 aromatic rings. The monoisotopic (exact) mass is 495 g/mol. The van der Waals surface area contributed by atoms with Gasteiger partial charge >= 0.3 is 0 Å². The number of nitriles is 1. The molecule has 0 amide bonds. The van der Waals surface area contributed by atoms with Gasteiger partial charge in [0, 0.05) is 23.2 Å². The molecular formula is C29H33N7O. The highest BCUT2D eigenvalue weighted by Gasteiger charge is 2.31. The van der Waals surface area contributed by atoms with E-state index in [9.17, 15) is 10.1 Å². The number of H-pyrrole nitrogens is 1. The van der Waals surface area contributed by atoms with Crippen LogP contribution in [-0.2, 0) is 12.8 Å². The first kappa shape index (κ1) is 24.7. The van der Waals surface area contributed by atoms with E-state index in [1.54, 1.807) is 0 Å². The first-order valence-corrected chi connectivity index (χ1v) is 13.3. The molecule has 5 rings (SSSR count). The Kier molecular flexibility index (Phi) is 7.31. The van der Waals surface area contributed by atoms with E-state index >= 15 is 0 Å². The van der Waals surface area contributed by atoms with Crippen LogP contribution >= 0.6 is 0 Å². The van der Waals surface area contributed by atoms with Crippen LogP contribution in [0, 0.1) is 11.3 Å². The summed E-state index contributed by atoms with van der Waals surface area (Å²) in [5.74, 6) is 0.560. The van der Waals surface area contributed by atoms with Crippen LogP contribution in [0.2, 0.25) is 0 Å². The van der Waals surface area contributed by atoms with Crippen molar-refractivity contribution in [2.24, 2.45) is 0 Å². The first-order chi connectivity index (χ1) is 18.1. The summed E-state index contributed by atoms with van der Waals surface area (Å²) < 4.78 is 4.14. The molecule has 8 heteroatoms. The van der Waals surface area contributed by atoms with Crippen LogP contribution in [0.5, 0.6) is 0 Å². The molecule has 1 N–H and O–H groups in total. The Bertz CT molecular complexity index is 1440. The van der Waals surface area contributed by atoms with E-state index < -0.39 is 0 Å². The molecule has 2 unspecified atom stereocenters. The standard InChI is InChI=1S/C29H33N7O/c1-3-4-5-10-27-26(29(37)35-20(2)11-16-23(17-18-30)36(27)35)19-21-12-14-22(15-13-21)24-8-6-7-9-25(24)28-31-33-34-32-28/h6-9,12-15,20,23H,3-5,10-11,16-17,19H2,1-2H3,(H,31,32,33,34). The van der Waals surface area contributed by atoms with Crippen LogP contribution in [0.1, 0.15) is 81.3 Å². The molecule has 0 fully saturated rings. The second-order valence-electron chi connectivity index (χ2n) is 9.97. The second-order valence-corrected chi connectivity index (χ2v) is 9.97. The predicted molar refractivity (Wildman–Crippen MR) is 143 cm³/mol. The summed E-state index contributed by atoms with van der Waals surface area (Å²) in [6.07, 6.45) is 7.08. The summed E-state index contributed by atoms with van der Waals surface area (Å²) in [5.41, 5.74) is 6.21. The maximum Gasteiger partial charge on any atom is 0.270 e. The summed E-state index contributed by atoms with van der Waals surface area (Å²) in [6, 6.07) is 19.0. The van der Waals surface area contributed by atoms with E-state index in [-0.39, 0.29) is 17.6 Å².